The zero-order valence-corrected chi connectivity index (χ0v) is 7.95. The molecule has 0 saturated carbocycles. The van der Waals surface area contributed by atoms with Gasteiger partial charge in [0.15, 0.2) is 0 Å². The average molecular weight is 162 g/mol. The topological polar surface area (TPSA) is 29.1 Å². The van der Waals surface area contributed by atoms with Crippen LogP contribution < -0.4 is 5.32 Å². The highest BCUT2D eigenvalue weighted by molar-refractivity contribution is 7.43. The van der Waals surface area contributed by atoms with Gasteiger partial charge in [-0.05, 0) is 6.54 Å². The van der Waals surface area contributed by atoms with Crippen molar-refractivity contribution < 1.29 is 4.57 Å². The lowest BCUT2D eigenvalue weighted by molar-refractivity contribution is 0.571. The third kappa shape index (κ3) is 8.06. The fourth-order valence-corrected chi connectivity index (χ4v) is 1.30. The van der Waals surface area contributed by atoms with Gasteiger partial charge < -0.3 is 5.32 Å². The maximum absolute atomic E-state index is 10.6. The fraction of sp³-hybridized carbons (Fsp3) is 1.00. The van der Waals surface area contributed by atoms with Crippen LogP contribution in [0.3, 0.4) is 0 Å². The van der Waals surface area contributed by atoms with Crippen LogP contribution >= 0.6 is 7.80 Å². The lowest BCUT2D eigenvalue weighted by Gasteiger charge is -2.04. The first kappa shape index (κ1) is 10.1. The molecule has 0 aromatic heterocycles. The highest BCUT2D eigenvalue weighted by atomic mass is 31.1. The molecule has 1 unspecified atom stereocenters. The zero-order chi connectivity index (χ0) is 7.98. The maximum atomic E-state index is 10.6. The van der Waals surface area contributed by atoms with Crippen LogP contribution in [0.4, 0.5) is 0 Å². The van der Waals surface area contributed by atoms with E-state index in [1.54, 1.807) is 6.66 Å². The minimum Gasteiger partial charge on any atom is -0.314 e. The molecule has 0 bridgehead atoms. The van der Waals surface area contributed by atoms with Crippen molar-refractivity contribution >= 4 is 7.80 Å². The summed E-state index contributed by atoms with van der Waals surface area (Å²) < 4.78 is 10.6. The molecule has 10 heavy (non-hydrogen) atoms. The van der Waals surface area contributed by atoms with Gasteiger partial charge in [-0.3, -0.25) is 0 Å². The summed E-state index contributed by atoms with van der Waals surface area (Å²) in [5.41, 5.74) is 0. The molecule has 0 spiro atoms. The first-order chi connectivity index (χ1) is 4.63. The number of hydrogen-bond acceptors (Lipinski definition) is 2. The fourth-order valence-electron chi connectivity index (χ4n) is 0.692. The van der Waals surface area contributed by atoms with Crippen LogP contribution in [-0.4, -0.2) is 25.4 Å². The molecule has 0 radical (unpaired) electrons. The van der Waals surface area contributed by atoms with Crippen molar-refractivity contribution in [2.75, 3.05) is 19.4 Å². The Bertz CT molecular complexity index is 104. The van der Waals surface area contributed by atoms with Crippen molar-refractivity contribution in [3.05, 3.63) is 0 Å². The van der Waals surface area contributed by atoms with Gasteiger partial charge in [-0.15, -0.1) is 0 Å². The van der Waals surface area contributed by atoms with Gasteiger partial charge in [-0.25, -0.2) is 0 Å². The standard InChI is InChI=1S/C7H17NOP/c1-7(2)8-5-4-6-10(3)9/h7-8H,4-6H2,1-3H3/q+1. The molecule has 0 aromatic carbocycles. The second-order valence-electron chi connectivity index (χ2n) is 2.81. The van der Waals surface area contributed by atoms with Crippen molar-refractivity contribution in [2.24, 2.45) is 0 Å². The minimum atomic E-state index is -0.921. The van der Waals surface area contributed by atoms with Gasteiger partial charge in [0, 0.05) is 12.5 Å². The van der Waals surface area contributed by atoms with E-state index in [1.807, 2.05) is 0 Å². The van der Waals surface area contributed by atoms with Gasteiger partial charge in [-0.2, -0.15) is 0 Å². The summed E-state index contributed by atoms with van der Waals surface area (Å²) in [5, 5.41) is 3.27. The van der Waals surface area contributed by atoms with Crippen LogP contribution in [0.2, 0.25) is 0 Å². The summed E-state index contributed by atoms with van der Waals surface area (Å²) in [5.74, 6) is 0. The Morgan fingerprint density at radius 2 is 2.10 bits per heavy atom. The Morgan fingerprint density at radius 3 is 2.50 bits per heavy atom. The number of nitrogens with one attached hydrogen (secondary N) is 1. The lowest BCUT2D eigenvalue weighted by atomic mass is 10.4. The second-order valence-corrected chi connectivity index (χ2v) is 4.52. The van der Waals surface area contributed by atoms with Crippen LogP contribution in [0.5, 0.6) is 0 Å². The molecule has 0 heterocycles. The summed E-state index contributed by atoms with van der Waals surface area (Å²) in [6.45, 7) is 7.01. The van der Waals surface area contributed by atoms with Crippen molar-refractivity contribution in [2.45, 2.75) is 26.3 Å². The molecule has 0 rings (SSSR count). The van der Waals surface area contributed by atoms with E-state index in [-0.39, 0.29) is 0 Å². The molecule has 1 N–H and O–H groups in total. The van der Waals surface area contributed by atoms with Gasteiger partial charge in [0.2, 0.25) is 0 Å². The van der Waals surface area contributed by atoms with Gasteiger partial charge in [0.1, 0.15) is 12.8 Å². The molecule has 0 aliphatic rings. The second kappa shape index (κ2) is 5.82. The van der Waals surface area contributed by atoms with Crippen molar-refractivity contribution in [1.82, 2.24) is 5.32 Å². The summed E-state index contributed by atoms with van der Waals surface area (Å²) in [7, 11) is -0.921. The number of hydrogen-bond donors (Lipinski definition) is 1. The van der Waals surface area contributed by atoms with E-state index >= 15 is 0 Å². The largest absolute Gasteiger partial charge is 0.335 e. The van der Waals surface area contributed by atoms with E-state index in [0.29, 0.717) is 6.04 Å². The maximum Gasteiger partial charge on any atom is 0.335 e. The quantitative estimate of drug-likeness (QED) is 0.493. The Labute approximate surface area is 64.2 Å². The molecule has 0 amide bonds. The summed E-state index contributed by atoms with van der Waals surface area (Å²) in [6, 6.07) is 0.551. The highest BCUT2D eigenvalue weighted by Crippen LogP contribution is 2.13. The minimum absolute atomic E-state index is 0.551. The Kier molecular flexibility index (Phi) is 5.85. The molecule has 1 atom stereocenters. The van der Waals surface area contributed by atoms with Crippen LogP contribution in [0, 0.1) is 0 Å². The number of rotatable bonds is 5. The molecular formula is C7H17NOP+. The average Bonchev–Trinajstić information content (AvgIpc) is 1.79. The zero-order valence-electron chi connectivity index (χ0n) is 7.05. The third-order valence-electron chi connectivity index (χ3n) is 1.20. The molecule has 3 heteroatoms. The molecule has 60 valence electrons. The van der Waals surface area contributed by atoms with E-state index in [0.717, 1.165) is 19.1 Å². The molecular weight excluding hydrogens is 145 g/mol. The van der Waals surface area contributed by atoms with Gasteiger partial charge in [0.05, 0.1) is 0 Å². The van der Waals surface area contributed by atoms with E-state index in [1.165, 1.54) is 0 Å². The van der Waals surface area contributed by atoms with Gasteiger partial charge in [0.25, 0.3) is 0 Å². The predicted molar refractivity (Wildman–Crippen MR) is 46.2 cm³/mol. The monoisotopic (exact) mass is 162 g/mol. The Morgan fingerprint density at radius 1 is 1.50 bits per heavy atom. The van der Waals surface area contributed by atoms with Gasteiger partial charge >= 0.3 is 7.80 Å². The third-order valence-corrected chi connectivity index (χ3v) is 2.15. The smallest absolute Gasteiger partial charge is 0.314 e. The SMILES string of the molecule is CC(C)NCCC[P+](C)=O. The van der Waals surface area contributed by atoms with E-state index in [2.05, 4.69) is 19.2 Å². The van der Waals surface area contributed by atoms with Crippen LogP contribution in [0.25, 0.3) is 0 Å². The van der Waals surface area contributed by atoms with Crippen LogP contribution in [0.15, 0.2) is 0 Å². The molecule has 2 nitrogen and oxygen atoms in total. The first-order valence-corrected chi connectivity index (χ1v) is 5.63. The van der Waals surface area contributed by atoms with Crippen molar-refractivity contribution in [3.8, 4) is 0 Å². The Balaban J connectivity index is 2.98. The van der Waals surface area contributed by atoms with Crippen molar-refractivity contribution in [1.29, 1.82) is 0 Å². The molecule has 0 aromatic rings. The van der Waals surface area contributed by atoms with Crippen molar-refractivity contribution in [3.63, 3.8) is 0 Å². The van der Waals surface area contributed by atoms with E-state index in [4.69, 9.17) is 0 Å². The molecule has 0 aliphatic carbocycles. The van der Waals surface area contributed by atoms with Crippen LogP contribution in [-0.2, 0) is 4.57 Å². The summed E-state index contributed by atoms with van der Waals surface area (Å²) in [6.07, 6.45) is 1.89. The predicted octanol–water partition coefficient (Wildman–Crippen LogP) is 1.83. The normalized spacial score (nSPS) is 12.2. The van der Waals surface area contributed by atoms with Crippen LogP contribution in [0.1, 0.15) is 20.3 Å². The Hall–Kier alpha value is 0.0600. The summed E-state index contributed by atoms with van der Waals surface area (Å²) in [4.78, 5) is 0. The first-order valence-electron chi connectivity index (χ1n) is 3.74. The highest BCUT2D eigenvalue weighted by Gasteiger charge is 2.03. The van der Waals surface area contributed by atoms with Gasteiger partial charge in [-0.1, -0.05) is 18.4 Å². The summed E-state index contributed by atoms with van der Waals surface area (Å²) >= 11 is 0. The molecule has 0 saturated heterocycles. The lowest BCUT2D eigenvalue weighted by Crippen LogP contribution is -2.23. The molecule has 0 aliphatic heterocycles. The van der Waals surface area contributed by atoms with E-state index in [9.17, 15) is 4.57 Å². The molecule has 0 fully saturated rings. The van der Waals surface area contributed by atoms with E-state index < -0.39 is 7.80 Å².